The Hall–Kier alpha value is -1.94. The topological polar surface area (TPSA) is 237 Å². The third kappa shape index (κ3) is 49.6. The van der Waals surface area contributed by atoms with Crippen molar-refractivity contribution >= 4 is 39.5 Å². The van der Waals surface area contributed by atoms with Crippen LogP contribution in [-0.4, -0.2) is 96.7 Å². The molecule has 0 bridgehead atoms. The van der Waals surface area contributed by atoms with Gasteiger partial charge in [0.25, 0.3) is 0 Å². The number of phosphoric acid groups is 2. The van der Waals surface area contributed by atoms with E-state index in [0.717, 1.165) is 173 Å². The number of phosphoric ester groups is 2. The van der Waals surface area contributed by atoms with Crippen LogP contribution in [0.3, 0.4) is 0 Å². The van der Waals surface area contributed by atoms with Crippen LogP contribution in [0, 0.1) is 27.7 Å². The lowest BCUT2D eigenvalue weighted by Gasteiger charge is -2.21. The van der Waals surface area contributed by atoms with Crippen LogP contribution in [0.25, 0.3) is 0 Å². The molecule has 0 saturated carbocycles. The Balaban J connectivity index is 5.19. The first kappa shape index (κ1) is 72.1. The summed E-state index contributed by atoms with van der Waals surface area (Å²) >= 11 is 0. The molecule has 0 fully saturated rings. The Labute approximate surface area is 447 Å². The first-order valence-corrected chi connectivity index (χ1v) is 31.4. The maximum absolute atomic E-state index is 12.8. The highest BCUT2D eigenvalue weighted by molar-refractivity contribution is 7.47. The Kier molecular flexibility index (Phi) is 49.2. The molecule has 438 valence electrons. The predicted molar refractivity (Wildman–Crippen MR) is 288 cm³/mol. The molecule has 0 spiro atoms. The Bertz CT molecular complexity index is 1450. The van der Waals surface area contributed by atoms with E-state index in [9.17, 15) is 43.2 Å². The molecule has 17 nitrogen and oxygen atoms in total. The van der Waals surface area contributed by atoms with Gasteiger partial charge in [-0.2, -0.15) is 25.7 Å². The summed E-state index contributed by atoms with van der Waals surface area (Å²) in [5.74, 6) is -2.21. The molecule has 0 aromatic rings. The van der Waals surface area contributed by atoms with E-state index in [1.54, 1.807) is 0 Å². The van der Waals surface area contributed by atoms with E-state index in [0.29, 0.717) is 25.7 Å². The van der Waals surface area contributed by atoms with E-state index in [1.165, 1.54) is 19.3 Å². The van der Waals surface area contributed by atoms with E-state index in [1.807, 2.05) is 0 Å². The molecule has 0 aliphatic heterocycles. The highest BCUT2D eigenvalue weighted by Crippen LogP contribution is 2.45. The normalized spacial score (nSPS) is 14.4. The van der Waals surface area contributed by atoms with Crippen molar-refractivity contribution in [3.05, 3.63) is 27.7 Å². The second-order valence-corrected chi connectivity index (χ2v) is 22.3. The van der Waals surface area contributed by atoms with Crippen LogP contribution < -0.4 is 0 Å². The van der Waals surface area contributed by atoms with Gasteiger partial charge in [0.1, 0.15) is 19.3 Å². The quantitative estimate of drug-likeness (QED) is 0.0169. The van der Waals surface area contributed by atoms with Crippen molar-refractivity contribution in [2.24, 2.45) is 0 Å². The van der Waals surface area contributed by atoms with E-state index < -0.39 is 97.5 Å². The van der Waals surface area contributed by atoms with E-state index in [2.05, 4.69) is 27.7 Å². The van der Waals surface area contributed by atoms with Gasteiger partial charge in [0.15, 0.2) is 12.2 Å². The largest absolute Gasteiger partial charge is 0.472 e. The zero-order valence-corrected chi connectivity index (χ0v) is 47.4. The van der Waals surface area contributed by atoms with Crippen LogP contribution >= 0.6 is 15.6 Å². The number of aliphatic hydroxyl groups excluding tert-OH is 1. The average molecular weight is 1100 g/mol. The number of hydrogen-bond acceptors (Lipinski definition) is 15. The van der Waals surface area contributed by atoms with Gasteiger partial charge >= 0.3 is 39.5 Å². The van der Waals surface area contributed by atoms with Crippen LogP contribution in [0.2, 0.25) is 0 Å². The van der Waals surface area contributed by atoms with Crippen LogP contribution in [0.15, 0.2) is 0 Å². The maximum Gasteiger partial charge on any atom is 0.472 e. The number of ether oxygens (including phenoxy) is 4. The van der Waals surface area contributed by atoms with Crippen LogP contribution in [0.1, 0.15) is 244 Å². The van der Waals surface area contributed by atoms with Gasteiger partial charge in [-0.05, 0) is 25.7 Å². The number of aliphatic hydroxyl groups is 1. The summed E-state index contributed by atoms with van der Waals surface area (Å²) < 4.78 is 67.3. The van der Waals surface area contributed by atoms with Gasteiger partial charge < -0.3 is 61.5 Å². The highest BCUT2D eigenvalue weighted by atomic mass is 31.2. The summed E-state index contributed by atoms with van der Waals surface area (Å²) in [4.78, 5) is 71.4. The summed E-state index contributed by atoms with van der Waals surface area (Å²) in [7, 11) is -9.88. The minimum absolute atomic E-state index is 0.0890. The van der Waals surface area contributed by atoms with E-state index in [-0.39, 0.29) is 25.7 Å². The fourth-order valence-corrected chi connectivity index (χ4v) is 9.33. The van der Waals surface area contributed by atoms with E-state index in [4.69, 9.17) is 37.0 Å². The second-order valence-electron chi connectivity index (χ2n) is 19.4. The summed E-state index contributed by atoms with van der Waals surface area (Å²) in [6.07, 6.45) is 29.8. The second kappa shape index (κ2) is 50.6. The smallest absolute Gasteiger partial charge is 0.462 e. The Morgan fingerprint density at radius 1 is 0.324 bits per heavy atom. The zero-order chi connectivity index (χ0) is 54.8. The number of rotatable bonds is 56. The minimum Gasteiger partial charge on any atom is -0.462 e. The average Bonchev–Trinajstić information content (AvgIpc) is 3.37. The monoisotopic (exact) mass is 1100 g/mol. The molecular formula is C55H102O17P2-4. The summed E-state index contributed by atoms with van der Waals surface area (Å²) in [5.41, 5.74) is 0. The molecule has 0 aromatic carbocycles. The van der Waals surface area contributed by atoms with Gasteiger partial charge in [-0.3, -0.25) is 37.3 Å². The van der Waals surface area contributed by atoms with Gasteiger partial charge in [-0.1, -0.05) is 167 Å². The van der Waals surface area contributed by atoms with Crippen molar-refractivity contribution < 1.29 is 80.2 Å². The third-order valence-corrected chi connectivity index (χ3v) is 14.1. The van der Waals surface area contributed by atoms with Gasteiger partial charge in [-0.25, -0.2) is 9.13 Å². The van der Waals surface area contributed by atoms with Crippen LogP contribution in [-0.2, 0) is 65.4 Å². The molecule has 3 N–H and O–H groups in total. The Morgan fingerprint density at radius 2 is 0.541 bits per heavy atom. The third-order valence-electron chi connectivity index (χ3n) is 12.2. The summed E-state index contributed by atoms with van der Waals surface area (Å²) in [5, 5.41) is 10.4. The summed E-state index contributed by atoms with van der Waals surface area (Å²) in [6, 6.07) is 0. The molecule has 2 unspecified atom stereocenters. The van der Waals surface area contributed by atoms with Gasteiger partial charge in [0.2, 0.25) is 0 Å². The molecule has 0 saturated heterocycles. The molecule has 0 aromatic heterocycles. The zero-order valence-electron chi connectivity index (χ0n) is 45.6. The summed E-state index contributed by atoms with van der Waals surface area (Å²) in [6.45, 7) is 11.4. The lowest BCUT2D eigenvalue weighted by molar-refractivity contribution is -0.161. The fraction of sp³-hybridized carbons (Fsp3) is 0.855. The molecule has 19 heteroatoms. The van der Waals surface area contributed by atoms with Crippen molar-refractivity contribution in [3.8, 4) is 0 Å². The van der Waals surface area contributed by atoms with Crippen LogP contribution in [0.4, 0.5) is 0 Å². The molecule has 0 aliphatic rings. The standard InChI is InChI=1S/C55H102O17P2/c1-5-9-13-17-21-25-26-30-32-36-40-53(58)66-46-51(72-55(60)42-38-34-29-24-20-16-12-8-4)48-70-74(63,64)68-44-49(56)43-67-73(61,62)69-47-50(71-54(59)41-37-33-28-23-19-15-11-7-3)45-65-52(57)39-35-31-27-22-18-14-10-6-2/h49-51,56H,1-48H2,(H,61,62)(H,63,64)/q-4/t49-,50-,51-/m1/s1. The SMILES string of the molecule is [CH2-]CCCCCCCCCCCC(=O)OC[C@H](COP(=O)(O)OC[C@H](O)COP(=O)(O)OC[C@@H](COC(=O)CCCCCCCCC[CH2-])OC(=O)CCCCCCCCC[CH2-])OC(=O)CCCCCCCCC[CH2-]. The van der Waals surface area contributed by atoms with E-state index >= 15 is 0 Å². The van der Waals surface area contributed by atoms with Crippen molar-refractivity contribution in [1.82, 2.24) is 0 Å². The highest BCUT2D eigenvalue weighted by Gasteiger charge is 2.30. The first-order chi connectivity index (χ1) is 35.7. The van der Waals surface area contributed by atoms with Crippen molar-refractivity contribution in [2.75, 3.05) is 39.6 Å². The molecule has 74 heavy (non-hydrogen) atoms. The molecule has 0 radical (unpaired) electrons. The minimum atomic E-state index is -4.94. The number of carbonyl (C=O) groups excluding carboxylic acids is 4. The van der Waals surface area contributed by atoms with Crippen molar-refractivity contribution in [1.29, 1.82) is 0 Å². The number of unbranched alkanes of at least 4 members (excludes halogenated alkanes) is 30. The lowest BCUT2D eigenvalue weighted by atomic mass is 10.1. The first-order valence-electron chi connectivity index (χ1n) is 28.5. The van der Waals surface area contributed by atoms with Gasteiger partial charge in [0.05, 0.1) is 26.4 Å². The molecule has 0 rings (SSSR count). The molecule has 0 amide bonds. The molecule has 5 atom stereocenters. The fourth-order valence-electron chi connectivity index (χ4n) is 7.75. The molecular weight excluding hydrogens is 995 g/mol. The van der Waals surface area contributed by atoms with Crippen LogP contribution in [0.5, 0.6) is 0 Å². The van der Waals surface area contributed by atoms with Gasteiger partial charge in [-0.15, -0.1) is 0 Å². The number of hydrogen-bond donors (Lipinski definition) is 3. The number of esters is 4. The van der Waals surface area contributed by atoms with Crippen molar-refractivity contribution in [2.45, 2.75) is 262 Å². The maximum atomic E-state index is 12.8. The molecule has 0 heterocycles. The molecule has 0 aliphatic carbocycles. The Morgan fingerprint density at radius 3 is 0.797 bits per heavy atom. The van der Waals surface area contributed by atoms with Gasteiger partial charge in [0, 0.05) is 25.7 Å². The lowest BCUT2D eigenvalue weighted by Crippen LogP contribution is -2.30. The predicted octanol–water partition coefficient (Wildman–Crippen LogP) is 13.7. The number of carbonyl (C=O) groups is 4. The van der Waals surface area contributed by atoms with Crippen molar-refractivity contribution in [3.63, 3.8) is 0 Å².